The van der Waals surface area contributed by atoms with Crippen molar-refractivity contribution in [2.24, 2.45) is 0 Å². The molecule has 0 amide bonds. The Hall–Kier alpha value is 0.660. The van der Waals surface area contributed by atoms with Crippen molar-refractivity contribution in [1.29, 1.82) is 0 Å². The Bertz CT molecular complexity index is 258. The first-order valence-corrected chi connectivity index (χ1v) is 6.44. The summed E-state index contributed by atoms with van der Waals surface area (Å²) in [5.74, 6) is 0. The molecule has 0 fully saturated rings. The highest BCUT2D eigenvalue weighted by Gasteiger charge is 1.97. The van der Waals surface area contributed by atoms with E-state index in [1.807, 2.05) is 0 Å². The molecule has 0 saturated carbocycles. The van der Waals surface area contributed by atoms with Gasteiger partial charge in [0.25, 0.3) is 0 Å². The zero-order valence-corrected chi connectivity index (χ0v) is 11.2. The molecule has 0 nitrogen and oxygen atoms in total. The highest BCUT2D eigenvalue weighted by atomic mass is 79.9. The highest BCUT2D eigenvalue weighted by molar-refractivity contribution is 9.13. The fourth-order valence-corrected chi connectivity index (χ4v) is 1.92. The lowest BCUT2D eigenvalue weighted by molar-refractivity contribution is 0.938. The molecule has 66 valence electrons. The minimum Gasteiger partial charge on any atom is -0.0928 e. The molecule has 1 aromatic rings. The average molecular weight is 357 g/mol. The molecule has 0 aliphatic heterocycles. The van der Waals surface area contributed by atoms with Gasteiger partial charge in [-0.3, -0.25) is 0 Å². The van der Waals surface area contributed by atoms with Gasteiger partial charge >= 0.3 is 0 Å². The first-order valence-electron chi connectivity index (χ1n) is 3.74. The molecular formula is C9H9Br3. The molecule has 0 heterocycles. The van der Waals surface area contributed by atoms with Gasteiger partial charge in [-0.2, -0.15) is 0 Å². The van der Waals surface area contributed by atoms with Gasteiger partial charge in [-0.05, 0) is 62.4 Å². The van der Waals surface area contributed by atoms with Crippen molar-refractivity contribution in [3.05, 3.63) is 32.7 Å². The van der Waals surface area contributed by atoms with Gasteiger partial charge in [0.05, 0.1) is 0 Å². The molecule has 0 spiro atoms. The van der Waals surface area contributed by atoms with Crippen LogP contribution in [-0.4, -0.2) is 5.33 Å². The summed E-state index contributed by atoms with van der Waals surface area (Å²) in [6.07, 6.45) is 2.32. The summed E-state index contributed by atoms with van der Waals surface area (Å²) in [5.41, 5.74) is 1.38. The van der Waals surface area contributed by atoms with Crippen LogP contribution < -0.4 is 0 Å². The number of alkyl halides is 1. The van der Waals surface area contributed by atoms with E-state index >= 15 is 0 Å². The van der Waals surface area contributed by atoms with Crippen LogP contribution in [0.4, 0.5) is 0 Å². The Morgan fingerprint density at radius 1 is 1.08 bits per heavy atom. The average Bonchev–Trinajstić information content (AvgIpc) is 2.07. The molecule has 12 heavy (non-hydrogen) atoms. The molecule has 0 radical (unpaired) electrons. The van der Waals surface area contributed by atoms with Crippen LogP contribution in [0, 0.1) is 0 Å². The molecule has 0 aromatic heterocycles. The maximum Gasteiger partial charge on any atom is 0.0320 e. The second kappa shape index (κ2) is 5.40. The van der Waals surface area contributed by atoms with Crippen LogP contribution in [0.5, 0.6) is 0 Å². The number of halogens is 3. The lowest BCUT2D eigenvalue weighted by Crippen LogP contribution is -1.85. The number of hydrogen-bond acceptors (Lipinski definition) is 0. The fourth-order valence-electron chi connectivity index (χ4n) is 0.966. The Kier molecular flexibility index (Phi) is 4.84. The van der Waals surface area contributed by atoms with Crippen LogP contribution in [-0.2, 0) is 6.42 Å². The Morgan fingerprint density at radius 2 is 1.83 bits per heavy atom. The second-order valence-electron chi connectivity index (χ2n) is 2.54. The van der Waals surface area contributed by atoms with Crippen LogP contribution in [0.15, 0.2) is 27.1 Å². The summed E-state index contributed by atoms with van der Waals surface area (Å²) in [4.78, 5) is 0. The van der Waals surface area contributed by atoms with Gasteiger partial charge in [-0.15, -0.1) is 0 Å². The predicted octanol–water partition coefficient (Wildman–Crippen LogP) is 4.54. The number of benzene rings is 1. The van der Waals surface area contributed by atoms with Gasteiger partial charge < -0.3 is 0 Å². The van der Waals surface area contributed by atoms with Crippen molar-refractivity contribution in [2.75, 3.05) is 5.33 Å². The Labute approximate surface area is 98.1 Å². The summed E-state index contributed by atoms with van der Waals surface area (Å²) >= 11 is 10.3. The molecular weight excluding hydrogens is 348 g/mol. The topological polar surface area (TPSA) is 0 Å². The lowest BCUT2D eigenvalue weighted by Gasteiger charge is -2.01. The zero-order valence-electron chi connectivity index (χ0n) is 6.49. The smallest absolute Gasteiger partial charge is 0.0320 e. The third-order valence-electron chi connectivity index (χ3n) is 1.58. The monoisotopic (exact) mass is 354 g/mol. The summed E-state index contributed by atoms with van der Waals surface area (Å²) in [5, 5.41) is 1.07. The number of hydrogen-bond donors (Lipinski definition) is 0. The Balaban J connectivity index is 2.69. The van der Waals surface area contributed by atoms with Crippen LogP contribution in [0.25, 0.3) is 0 Å². The van der Waals surface area contributed by atoms with Gasteiger partial charge in [-0.25, -0.2) is 0 Å². The Morgan fingerprint density at radius 3 is 2.42 bits per heavy atom. The third-order valence-corrected chi connectivity index (χ3v) is 4.02. The summed E-state index contributed by atoms with van der Waals surface area (Å²) in [6, 6.07) is 6.39. The quantitative estimate of drug-likeness (QED) is 0.697. The minimum absolute atomic E-state index is 1.07. The van der Waals surface area contributed by atoms with Crippen LogP contribution in [0.1, 0.15) is 12.0 Å². The third kappa shape index (κ3) is 3.19. The van der Waals surface area contributed by atoms with E-state index in [-0.39, 0.29) is 0 Å². The van der Waals surface area contributed by atoms with E-state index in [0.717, 1.165) is 20.7 Å². The molecule has 0 unspecified atom stereocenters. The van der Waals surface area contributed by atoms with Gasteiger partial charge in [0.1, 0.15) is 0 Å². The van der Waals surface area contributed by atoms with E-state index in [0.29, 0.717) is 0 Å². The minimum atomic E-state index is 1.07. The van der Waals surface area contributed by atoms with Crippen molar-refractivity contribution in [3.8, 4) is 0 Å². The van der Waals surface area contributed by atoms with E-state index in [1.165, 1.54) is 12.0 Å². The van der Waals surface area contributed by atoms with E-state index in [1.54, 1.807) is 0 Å². The van der Waals surface area contributed by atoms with Crippen LogP contribution in [0.3, 0.4) is 0 Å². The first-order chi connectivity index (χ1) is 5.74. The van der Waals surface area contributed by atoms with Gasteiger partial charge in [0.2, 0.25) is 0 Å². The van der Waals surface area contributed by atoms with E-state index < -0.39 is 0 Å². The lowest BCUT2D eigenvalue weighted by atomic mass is 10.1. The van der Waals surface area contributed by atoms with E-state index in [9.17, 15) is 0 Å². The van der Waals surface area contributed by atoms with Crippen LogP contribution >= 0.6 is 47.8 Å². The van der Waals surface area contributed by atoms with Crippen molar-refractivity contribution in [2.45, 2.75) is 12.8 Å². The molecule has 1 rings (SSSR count). The second-order valence-corrected chi connectivity index (χ2v) is 5.04. The van der Waals surface area contributed by atoms with E-state index in [2.05, 4.69) is 66.0 Å². The maximum atomic E-state index is 3.48. The van der Waals surface area contributed by atoms with Crippen LogP contribution in [0.2, 0.25) is 0 Å². The van der Waals surface area contributed by atoms with Crippen molar-refractivity contribution in [3.63, 3.8) is 0 Å². The van der Waals surface area contributed by atoms with Crippen molar-refractivity contribution >= 4 is 47.8 Å². The molecule has 0 aliphatic carbocycles. The largest absolute Gasteiger partial charge is 0.0928 e. The first kappa shape index (κ1) is 10.7. The molecule has 0 aliphatic rings. The molecule has 0 N–H and O–H groups in total. The standard InChI is InChI=1S/C9H9Br3/c10-5-1-2-7-3-4-8(11)9(12)6-7/h3-4,6H,1-2,5H2. The van der Waals surface area contributed by atoms with Crippen molar-refractivity contribution < 1.29 is 0 Å². The SMILES string of the molecule is BrCCCc1ccc(Br)c(Br)c1. The van der Waals surface area contributed by atoms with Gasteiger partial charge in [-0.1, -0.05) is 22.0 Å². The molecule has 1 aromatic carbocycles. The summed E-state index contributed by atoms with van der Waals surface area (Å²) < 4.78 is 2.25. The molecule has 0 saturated heterocycles. The van der Waals surface area contributed by atoms with Gasteiger partial charge in [0.15, 0.2) is 0 Å². The van der Waals surface area contributed by atoms with Crippen molar-refractivity contribution in [1.82, 2.24) is 0 Å². The van der Waals surface area contributed by atoms with Gasteiger partial charge in [0, 0.05) is 14.3 Å². The molecule has 3 heteroatoms. The number of aryl methyl sites for hydroxylation is 1. The summed E-state index contributed by atoms with van der Waals surface area (Å²) in [7, 11) is 0. The predicted molar refractivity (Wildman–Crippen MR) is 64.0 cm³/mol. The molecule has 0 atom stereocenters. The highest BCUT2D eigenvalue weighted by Crippen LogP contribution is 2.24. The molecule has 0 bridgehead atoms. The van der Waals surface area contributed by atoms with E-state index in [4.69, 9.17) is 0 Å². The summed E-state index contributed by atoms with van der Waals surface area (Å²) in [6.45, 7) is 0. The zero-order chi connectivity index (χ0) is 8.97. The fraction of sp³-hybridized carbons (Fsp3) is 0.333. The maximum absolute atomic E-state index is 3.48. The normalized spacial score (nSPS) is 10.2. The number of rotatable bonds is 3.